The van der Waals surface area contributed by atoms with Crippen LogP contribution in [0, 0.1) is 11.3 Å². The lowest BCUT2D eigenvalue weighted by Crippen LogP contribution is -2.22. The van der Waals surface area contributed by atoms with Gasteiger partial charge in [-0.1, -0.05) is 35.9 Å². The van der Waals surface area contributed by atoms with E-state index in [1.54, 1.807) is 12.1 Å². The highest BCUT2D eigenvalue weighted by molar-refractivity contribution is 8.00. The molecule has 5 heteroatoms. The number of rotatable bonds is 5. The molecule has 0 aliphatic rings. The Balaban J connectivity index is 1.96. The number of thioether (sulfide) groups is 1. The number of hydrogen-bond acceptors (Lipinski definition) is 3. The Kier molecular flexibility index (Phi) is 5.88. The van der Waals surface area contributed by atoms with Gasteiger partial charge in [0, 0.05) is 10.6 Å². The first kappa shape index (κ1) is 16.4. The Morgan fingerprint density at radius 3 is 2.59 bits per heavy atom. The molecule has 0 heterocycles. The number of nitrogens with one attached hydrogen (secondary N) is 1. The molecule has 1 atom stereocenters. The fourth-order valence-corrected chi connectivity index (χ4v) is 2.98. The SMILES string of the molecule is CC(Sc1ccccc1Cl)C(=O)Nc1ccc(CC#N)cc1. The van der Waals surface area contributed by atoms with Crippen molar-refractivity contribution in [2.45, 2.75) is 23.5 Å². The van der Waals surface area contributed by atoms with Crippen molar-refractivity contribution in [3.05, 3.63) is 59.1 Å². The van der Waals surface area contributed by atoms with Crippen molar-refractivity contribution >= 4 is 35.0 Å². The third-order valence-electron chi connectivity index (χ3n) is 3.01. The van der Waals surface area contributed by atoms with Crippen molar-refractivity contribution in [1.29, 1.82) is 5.26 Å². The van der Waals surface area contributed by atoms with E-state index in [0.29, 0.717) is 11.4 Å². The van der Waals surface area contributed by atoms with Crippen molar-refractivity contribution in [1.82, 2.24) is 0 Å². The molecule has 0 aromatic heterocycles. The second-order valence-corrected chi connectivity index (χ2v) is 6.50. The Morgan fingerprint density at radius 2 is 1.95 bits per heavy atom. The molecule has 0 spiro atoms. The Morgan fingerprint density at radius 1 is 1.27 bits per heavy atom. The van der Waals surface area contributed by atoms with Crippen LogP contribution in [0.15, 0.2) is 53.4 Å². The Labute approximate surface area is 139 Å². The van der Waals surface area contributed by atoms with Crippen LogP contribution in [0.25, 0.3) is 0 Å². The molecular weight excluding hydrogens is 316 g/mol. The molecule has 1 unspecified atom stereocenters. The molecule has 2 aromatic carbocycles. The summed E-state index contributed by atoms with van der Waals surface area (Å²) in [6.07, 6.45) is 0.368. The minimum absolute atomic E-state index is 0.0852. The van der Waals surface area contributed by atoms with Crippen molar-refractivity contribution in [3.63, 3.8) is 0 Å². The molecule has 0 aliphatic heterocycles. The summed E-state index contributed by atoms with van der Waals surface area (Å²) in [5.41, 5.74) is 1.65. The lowest BCUT2D eigenvalue weighted by atomic mass is 10.1. The molecular formula is C17H15ClN2OS. The molecule has 1 N–H and O–H groups in total. The van der Waals surface area contributed by atoms with Gasteiger partial charge in [-0.05, 0) is 36.8 Å². The number of halogens is 1. The molecule has 2 rings (SSSR count). The van der Waals surface area contributed by atoms with Gasteiger partial charge in [0.05, 0.1) is 22.8 Å². The molecule has 2 aromatic rings. The van der Waals surface area contributed by atoms with Gasteiger partial charge < -0.3 is 5.32 Å². The number of carbonyl (C=O) groups is 1. The molecule has 0 radical (unpaired) electrons. The number of anilines is 1. The topological polar surface area (TPSA) is 52.9 Å². The van der Waals surface area contributed by atoms with E-state index in [4.69, 9.17) is 16.9 Å². The van der Waals surface area contributed by atoms with Crippen LogP contribution in [0.2, 0.25) is 5.02 Å². The largest absolute Gasteiger partial charge is 0.325 e. The number of carbonyl (C=O) groups excluding carboxylic acids is 1. The van der Waals surface area contributed by atoms with Crippen LogP contribution in [0.5, 0.6) is 0 Å². The minimum Gasteiger partial charge on any atom is -0.325 e. The lowest BCUT2D eigenvalue weighted by molar-refractivity contribution is -0.115. The summed E-state index contributed by atoms with van der Waals surface area (Å²) < 4.78 is 0. The third-order valence-corrected chi connectivity index (χ3v) is 4.63. The average molecular weight is 331 g/mol. The maximum atomic E-state index is 12.2. The van der Waals surface area contributed by atoms with Crippen molar-refractivity contribution in [2.24, 2.45) is 0 Å². The first-order chi connectivity index (χ1) is 10.6. The summed E-state index contributed by atoms with van der Waals surface area (Å²) in [6.45, 7) is 1.84. The molecule has 0 aliphatic carbocycles. The molecule has 0 bridgehead atoms. The van der Waals surface area contributed by atoms with Gasteiger partial charge in [0.2, 0.25) is 5.91 Å². The van der Waals surface area contributed by atoms with Crippen LogP contribution < -0.4 is 5.32 Å². The third kappa shape index (κ3) is 4.52. The van der Waals surface area contributed by atoms with E-state index < -0.39 is 0 Å². The van der Waals surface area contributed by atoms with Crippen LogP contribution >= 0.6 is 23.4 Å². The van der Waals surface area contributed by atoms with E-state index in [2.05, 4.69) is 11.4 Å². The highest BCUT2D eigenvalue weighted by Crippen LogP contribution is 2.30. The van der Waals surface area contributed by atoms with Crippen molar-refractivity contribution in [3.8, 4) is 6.07 Å². The quantitative estimate of drug-likeness (QED) is 0.820. The zero-order chi connectivity index (χ0) is 15.9. The highest BCUT2D eigenvalue weighted by atomic mass is 35.5. The van der Waals surface area contributed by atoms with Crippen LogP contribution in [-0.4, -0.2) is 11.2 Å². The van der Waals surface area contributed by atoms with Crippen LogP contribution in [0.3, 0.4) is 0 Å². The number of amides is 1. The van der Waals surface area contributed by atoms with Gasteiger partial charge in [-0.25, -0.2) is 0 Å². The predicted octanol–water partition coefficient (Wildman–Crippen LogP) is 4.53. The van der Waals surface area contributed by atoms with E-state index in [1.807, 2.05) is 43.3 Å². The van der Waals surface area contributed by atoms with E-state index in [1.165, 1.54) is 11.8 Å². The summed E-state index contributed by atoms with van der Waals surface area (Å²) in [5, 5.41) is 11.9. The van der Waals surface area contributed by atoms with Gasteiger partial charge in [0.25, 0.3) is 0 Å². The monoisotopic (exact) mass is 330 g/mol. The first-order valence-electron chi connectivity index (χ1n) is 6.78. The summed E-state index contributed by atoms with van der Waals surface area (Å²) in [4.78, 5) is 13.1. The Bertz CT molecular complexity index is 695. The van der Waals surface area contributed by atoms with Gasteiger partial charge in [-0.3, -0.25) is 4.79 Å². The molecule has 0 fully saturated rings. The van der Waals surface area contributed by atoms with Crippen molar-refractivity contribution < 1.29 is 4.79 Å². The number of nitrogens with zero attached hydrogens (tertiary/aromatic N) is 1. The van der Waals surface area contributed by atoms with E-state index in [9.17, 15) is 4.79 Å². The van der Waals surface area contributed by atoms with Gasteiger partial charge >= 0.3 is 0 Å². The highest BCUT2D eigenvalue weighted by Gasteiger charge is 2.15. The zero-order valence-corrected chi connectivity index (χ0v) is 13.6. The smallest absolute Gasteiger partial charge is 0.237 e. The van der Waals surface area contributed by atoms with Gasteiger partial charge in [0.15, 0.2) is 0 Å². The fraction of sp³-hybridized carbons (Fsp3) is 0.176. The van der Waals surface area contributed by atoms with Crippen LogP contribution in [0.4, 0.5) is 5.69 Å². The molecule has 3 nitrogen and oxygen atoms in total. The standard InChI is InChI=1S/C17H15ClN2OS/c1-12(22-16-5-3-2-4-15(16)18)17(21)20-14-8-6-13(7-9-14)10-11-19/h2-9,12H,10H2,1H3,(H,20,21). The summed E-state index contributed by atoms with van der Waals surface area (Å²) in [7, 11) is 0. The normalized spacial score (nSPS) is 11.5. The molecule has 22 heavy (non-hydrogen) atoms. The maximum absolute atomic E-state index is 12.2. The van der Waals surface area contributed by atoms with E-state index in [-0.39, 0.29) is 11.2 Å². The summed E-state index contributed by atoms with van der Waals surface area (Å²) >= 11 is 7.52. The van der Waals surface area contributed by atoms with Gasteiger partial charge in [0.1, 0.15) is 0 Å². The Hall–Kier alpha value is -1.96. The second kappa shape index (κ2) is 7.88. The fourth-order valence-electron chi connectivity index (χ4n) is 1.83. The molecule has 0 saturated heterocycles. The zero-order valence-electron chi connectivity index (χ0n) is 12.0. The lowest BCUT2D eigenvalue weighted by Gasteiger charge is -2.13. The minimum atomic E-state index is -0.265. The van der Waals surface area contributed by atoms with E-state index >= 15 is 0 Å². The van der Waals surface area contributed by atoms with Crippen LogP contribution in [0.1, 0.15) is 12.5 Å². The predicted molar refractivity (Wildman–Crippen MR) is 91.2 cm³/mol. The molecule has 112 valence electrons. The molecule has 0 saturated carbocycles. The van der Waals surface area contributed by atoms with Crippen LogP contribution in [-0.2, 0) is 11.2 Å². The maximum Gasteiger partial charge on any atom is 0.237 e. The van der Waals surface area contributed by atoms with E-state index in [0.717, 1.165) is 16.1 Å². The van der Waals surface area contributed by atoms with Crippen molar-refractivity contribution in [2.75, 3.05) is 5.32 Å². The summed E-state index contributed by atoms with van der Waals surface area (Å²) in [6, 6.07) is 16.8. The number of hydrogen-bond donors (Lipinski definition) is 1. The number of benzene rings is 2. The number of nitriles is 1. The summed E-state index contributed by atoms with van der Waals surface area (Å²) in [5.74, 6) is -0.0852. The second-order valence-electron chi connectivity index (χ2n) is 4.71. The van der Waals surface area contributed by atoms with Gasteiger partial charge in [-0.2, -0.15) is 5.26 Å². The first-order valence-corrected chi connectivity index (χ1v) is 8.04. The van der Waals surface area contributed by atoms with Gasteiger partial charge in [-0.15, -0.1) is 11.8 Å². The molecule has 1 amide bonds. The average Bonchev–Trinajstić information content (AvgIpc) is 2.51.